The van der Waals surface area contributed by atoms with Crippen LogP contribution in [-0.4, -0.2) is 44.3 Å². The number of cyclic esters (lactones) is 1. The number of methoxy groups -OCH3 is 1. The summed E-state index contributed by atoms with van der Waals surface area (Å²) in [4.78, 5) is 38.5. The summed E-state index contributed by atoms with van der Waals surface area (Å²) in [7, 11) is 1.52. The number of carbonyl (C=O) groups excluding carboxylic acids is 3. The van der Waals surface area contributed by atoms with Crippen molar-refractivity contribution in [2.45, 2.75) is 18.9 Å². The van der Waals surface area contributed by atoms with Crippen LogP contribution in [0.5, 0.6) is 17.2 Å². The maximum absolute atomic E-state index is 13.3. The van der Waals surface area contributed by atoms with Crippen molar-refractivity contribution in [3.63, 3.8) is 0 Å². The number of Topliss-reactive ketones (excluding diaryl/α,β-unsaturated/α-hetero) is 1. The van der Waals surface area contributed by atoms with Gasteiger partial charge in [0.2, 0.25) is 12.9 Å². The number of carbonyl (C=O) groups is 3. The number of benzene rings is 2. The number of rotatable bonds is 6. The minimum absolute atomic E-state index is 0.0778. The number of ketones is 1. The second-order valence-corrected chi connectivity index (χ2v) is 6.82. The van der Waals surface area contributed by atoms with Crippen LogP contribution in [0.2, 0.25) is 0 Å². The molecule has 1 saturated heterocycles. The average molecular weight is 412 g/mol. The summed E-state index contributed by atoms with van der Waals surface area (Å²) in [6, 6.07) is 11.4. The summed E-state index contributed by atoms with van der Waals surface area (Å²) < 4.78 is 26.3. The molecule has 2 aliphatic heterocycles. The first-order valence-corrected chi connectivity index (χ1v) is 9.48. The second-order valence-electron chi connectivity index (χ2n) is 6.82. The van der Waals surface area contributed by atoms with Crippen molar-refractivity contribution in [3.8, 4) is 17.2 Å². The molecule has 8 nitrogen and oxygen atoms in total. The number of esters is 2. The Balaban J connectivity index is 1.73. The van der Waals surface area contributed by atoms with E-state index in [1.165, 1.54) is 7.11 Å². The molecule has 30 heavy (non-hydrogen) atoms. The van der Waals surface area contributed by atoms with E-state index in [4.69, 9.17) is 23.7 Å². The normalized spacial score (nSPS) is 21.8. The van der Waals surface area contributed by atoms with Gasteiger partial charge in [-0.05, 0) is 48.9 Å². The maximum Gasteiger partial charge on any atom is 0.348 e. The highest BCUT2D eigenvalue weighted by atomic mass is 16.7. The summed E-state index contributed by atoms with van der Waals surface area (Å²) >= 11 is 0. The van der Waals surface area contributed by atoms with E-state index in [9.17, 15) is 14.4 Å². The molecule has 1 fully saturated rings. The van der Waals surface area contributed by atoms with Gasteiger partial charge in [0.15, 0.2) is 17.3 Å². The van der Waals surface area contributed by atoms with Crippen LogP contribution >= 0.6 is 0 Å². The van der Waals surface area contributed by atoms with Crippen LogP contribution in [0.15, 0.2) is 42.5 Å². The molecule has 3 atom stereocenters. The molecule has 0 aliphatic carbocycles. The molecule has 0 aromatic heterocycles. The molecule has 156 valence electrons. The van der Waals surface area contributed by atoms with Crippen LogP contribution in [0.4, 0.5) is 0 Å². The van der Waals surface area contributed by atoms with Gasteiger partial charge in [-0.3, -0.25) is 9.59 Å². The molecule has 0 unspecified atom stereocenters. The first kappa shape index (κ1) is 19.8. The first-order chi connectivity index (χ1) is 14.5. The zero-order chi connectivity index (χ0) is 21.3. The Bertz CT molecular complexity index is 981. The van der Waals surface area contributed by atoms with E-state index < -0.39 is 35.7 Å². The van der Waals surface area contributed by atoms with Gasteiger partial charge in [-0.1, -0.05) is 6.07 Å². The standard InChI is InChI=1S/C22H20O8/c1-3-27-22(25)20-17(13-6-9-15-16(10-13)29-11-28-15)18(21(24)30-20)19(23)12-4-7-14(26-2)8-5-12/h4-10,17-18,20H,3,11H2,1-2H3/t17-,18-,20+/m1/s1. The molecule has 0 bridgehead atoms. The Morgan fingerprint density at radius 2 is 1.80 bits per heavy atom. The van der Waals surface area contributed by atoms with Crippen LogP contribution < -0.4 is 14.2 Å². The van der Waals surface area contributed by atoms with Crippen LogP contribution in [-0.2, 0) is 19.1 Å². The van der Waals surface area contributed by atoms with Crippen LogP contribution in [0.25, 0.3) is 0 Å². The Hall–Kier alpha value is -3.55. The summed E-state index contributed by atoms with van der Waals surface area (Å²) in [5.74, 6) is -2.36. The molecule has 2 heterocycles. The van der Waals surface area contributed by atoms with E-state index in [2.05, 4.69) is 0 Å². The van der Waals surface area contributed by atoms with Crippen LogP contribution in [0, 0.1) is 5.92 Å². The number of fused-ring (bicyclic) bond motifs is 1. The van der Waals surface area contributed by atoms with Gasteiger partial charge in [0, 0.05) is 5.56 Å². The van der Waals surface area contributed by atoms with Gasteiger partial charge in [0.05, 0.1) is 19.6 Å². The van der Waals surface area contributed by atoms with Gasteiger partial charge in [0.25, 0.3) is 0 Å². The molecule has 2 aromatic carbocycles. The first-order valence-electron chi connectivity index (χ1n) is 9.48. The van der Waals surface area contributed by atoms with Crippen molar-refractivity contribution in [3.05, 3.63) is 53.6 Å². The third kappa shape index (κ3) is 3.45. The number of ether oxygens (including phenoxy) is 5. The molecule has 0 saturated carbocycles. The highest BCUT2D eigenvalue weighted by Gasteiger charge is 2.53. The molecule has 0 radical (unpaired) electrons. The molecule has 2 aliphatic rings. The summed E-state index contributed by atoms with van der Waals surface area (Å²) in [5.41, 5.74) is 0.864. The third-order valence-corrected chi connectivity index (χ3v) is 5.14. The predicted molar refractivity (Wildman–Crippen MR) is 103 cm³/mol. The zero-order valence-electron chi connectivity index (χ0n) is 16.5. The van der Waals surface area contributed by atoms with E-state index >= 15 is 0 Å². The largest absolute Gasteiger partial charge is 0.497 e. The van der Waals surface area contributed by atoms with E-state index in [-0.39, 0.29) is 13.4 Å². The average Bonchev–Trinajstić information content (AvgIpc) is 3.37. The fraction of sp³-hybridized carbons (Fsp3) is 0.318. The van der Waals surface area contributed by atoms with E-state index in [0.717, 1.165) is 0 Å². The fourth-order valence-electron chi connectivity index (χ4n) is 3.70. The molecule has 0 spiro atoms. The molecule has 8 heteroatoms. The quantitative estimate of drug-likeness (QED) is 0.406. The van der Waals surface area contributed by atoms with Crippen LogP contribution in [0.3, 0.4) is 0 Å². The second kappa shape index (κ2) is 8.06. The minimum Gasteiger partial charge on any atom is -0.497 e. The Morgan fingerprint density at radius 1 is 1.07 bits per heavy atom. The lowest BCUT2D eigenvalue weighted by Crippen LogP contribution is -2.31. The van der Waals surface area contributed by atoms with Crippen molar-refractivity contribution in [2.24, 2.45) is 5.92 Å². The molecule has 0 N–H and O–H groups in total. The SMILES string of the molecule is CCOC(=O)[C@H]1OC(=O)[C@@H](C(=O)c2ccc(OC)cc2)[C@H]1c1ccc2c(c1)OCO2. The predicted octanol–water partition coefficient (Wildman–Crippen LogP) is 2.50. The number of hydrogen-bond donors (Lipinski definition) is 0. The molecule has 2 aromatic rings. The van der Waals surface area contributed by atoms with Gasteiger partial charge in [-0.2, -0.15) is 0 Å². The lowest BCUT2D eigenvalue weighted by Gasteiger charge is -2.20. The highest BCUT2D eigenvalue weighted by molar-refractivity contribution is 6.11. The Morgan fingerprint density at radius 3 is 2.50 bits per heavy atom. The highest BCUT2D eigenvalue weighted by Crippen LogP contribution is 2.43. The van der Waals surface area contributed by atoms with Crippen molar-refractivity contribution in [1.82, 2.24) is 0 Å². The smallest absolute Gasteiger partial charge is 0.348 e. The zero-order valence-corrected chi connectivity index (χ0v) is 16.5. The number of hydrogen-bond acceptors (Lipinski definition) is 8. The molecular weight excluding hydrogens is 392 g/mol. The van der Waals surface area contributed by atoms with Gasteiger partial charge in [-0.15, -0.1) is 0 Å². The molecular formula is C22H20O8. The van der Waals surface area contributed by atoms with Gasteiger partial charge < -0.3 is 23.7 Å². The summed E-state index contributed by atoms with van der Waals surface area (Å²) in [6.45, 7) is 1.86. The van der Waals surface area contributed by atoms with Crippen molar-refractivity contribution < 1.29 is 38.1 Å². The monoisotopic (exact) mass is 412 g/mol. The Kier molecular flexibility index (Phi) is 5.31. The maximum atomic E-state index is 13.3. The topological polar surface area (TPSA) is 97.4 Å². The lowest BCUT2D eigenvalue weighted by atomic mass is 9.80. The molecule has 4 rings (SSSR count). The summed E-state index contributed by atoms with van der Waals surface area (Å²) in [5, 5.41) is 0. The lowest BCUT2D eigenvalue weighted by molar-refractivity contribution is -0.161. The molecule has 0 amide bonds. The Labute approximate surface area is 172 Å². The van der Waals surface area contributed by atoms with Gasteiger partial charge >= 0.3 is 11.9 Å². The summed E-state index contributed by atoms with van der Waals surface area (Å²) in [6.07, 6.45) is -1.23. The van der Waals surface area contributed by atoms with E-state index in [0.29, 0.717) is 28.4 Å². The van der Waals surface area contributed by atoms with Crippen molar-refractivity contribution in [2.75, 3.05) is 20.5 Å². The van der Waals surface area contributed by atoms with Crippen molar-refractivity contribution in [1.29, 1.82) is 0 Å². The third-order valence-electron chi connectivity index (χ3n) is 5.14. The van der Waals surface area contributed by atoms with E-state index in [1.807, 2.05) is 0 Å². The fourth-order valence-corrected chi connectivity index (χ4v) is 3.70. The van der Waals surface area contributed by atoms with Crippen LogP contribution in [0.1, 0.15) is 28.8 Å². The van der Waals surface area contributed by atoms with Crippen molar-refractivity contribution >= 4 is 17.7 Å². The minimum atomic E-state index is -1.23. The van der Waals surface area contributed by atoms with Gasteiger partial charge in [-0.25, -0.2) is 4.79 Å². The van der Waals surface area contributed by atoms with Gasteiger partial charge in [0.1, 0.15) is 11.7 Å². The van der Waals surface area contributed by atoms with E-state index in [1.54, 1.807) is 49.4 Å².